The van der Waals surface area contributed by atoms with Gasteiger partial charge in [-0.2, -0.15) is 0 Å². The lowest BCUT2D eigenvalue weighted by Gasteiger charge is -2.13. The minimum Gasteiger partial charge on any atom is -0.480 e. The Hall–Kier alpha value is -1.88. The van der Waals surface area contributed by atoms with Crippen molar-refractivity contribution in [1.82, 2.24) is 5.32 Å². The van der Waals surface area contributed by atoms with Crippen molar-refractivity contribution in [2.24, 2.45) is 0 Å². The molecular weight excluding hydrogens is 210 g/mol. The van der Waals surface area contributed by atoms with Gasteiger partial charge in [-0.3, -0.25) is 4.79 Å². The summed E-state index contributed by atoms with van der Waals surface area (Å²) in [6, 6.07) is 7.96. The minimum atomic E-state index is -1.12. The Morgan fingerprint density at radius 1 is 1.25 bits per heavy atom. The van der Waals surface area contributed by atoms with E-state index in [9.17, 15) is 9.59 Å². The molecular formula is C11H13NO4. The fraction of sp³-hybridized carbons (Fsp3) is 0.273. The first-order valence-electron chi connectivity index (χ1n) is 4.80. The Morgan fingerprint density at radius 3 is 2.38 bits per heavy atom. The van der Waals surface area contributed by atoms with Crippen LogP contribution in [0.2, 0.25) is 0 Å². The average molecular weight is 223 g/mol. The predicted molar refractivity (Wildman–Crippen MR) is 56.8 cm³/mol. The van der Waals surface area contributed by atoms with E-state index in [0.717, 1.165) is 5.56 Å². The Labute approximate surface area is 92.7 Å². The van der Waals surface area contributed by atoms with E-state index in [0.29, 0.717) is 0 Å². The number of carbonyl (C=O) groups is 2. The smallest absolute Gasteiger partial charge is 0.326 e. The second-order valence-electron chi connectivity index (χ2n) is 3.31. The fourth-order valence-corrected chi connectivity index (χ4v) is 1.29. The van der Waals surface area contributed by atoms with E-state index in [-0.39, 0.29) is 6.42 Å². The van der Waals surface area contributed by atoms with Gasteiger partial charge in [-0.05, 0) is 5.56 Å². The molecule has 0 heterocycles. The van der Waals surface area contributed by atoms with Gasteiger partial charge in [-0.15, -0.1) is 0 Å². The number of carboxylic acids is 1. The lowest BCUT2D eigenvalue weighted by atomic mass is 10.1. The van der Waals surface area contributed by atoms with Crippen LogP contribution in [0, 0.1) is 0 Å². The monoisotopic (exact) mass is 223 g/mol. The van der Waals surface area contributed by atoms with E-state index in [1.54, 1.807) is 24.3 Å². The van der Waals surface area contributed by atoms with Crippen molar-refractivity contribution in [2.45, 2.75) is 12.5 Å². The lowest BCUT2D eigenvalue weighted by molar-refractivity contribution is -0.142. The highest BCUT2D eigenvalue weighted by Crippen LogP contribution is 2.03. The molecule has 0 aliphatic heterocycles. The van der Waals surface area contributed by atoms with Crippen molar-refractivity contribution in [3.05, 3.63) is 35.9 Å². The van der Waals surface area contributed by atoms with Crippen LogP contribution >= 0.6 is 0 Å². The fourth-order valence-electron chi connectivity index (χ4n) is 1.29. The van der Waals surface area contributed by atoms with Crippen molar-refractivity contribution < 1.29 is 19.8 Å². The molecule has 0 saturated carbocycles. The SMILES string of the molecule is O=C(CO)N[C@H](Cc1ccccc1)C(=O)O. The van der Waals surface area contributed by atoms with Crippen LogP contribution in [0.4, 0.5) is 0 Å². The second kappa shape index (κ2) is 5.87. The van der Waals surface area contributed by atoms with Crippen LogP contribution in [-0.2, 0) is 16.0 Å². The molecule has 1 rings (SSSR count). The zero-order valence-corrected chi connectivity index (χ0v) is 8.59. The number of carbonyl (C=O) groups excluding carboxylic acids is 1. The number of rotatable bonds is 5. The summed E-state index contributed by atoms with van der Waals surface area (Å²) in [5, 5.41) is 19.6. The van der Waals surface area contributed by atoms with E-state index >= 15 is 0 Å². The molecule has 0 unspecified atom stereocenters. The molecule has 0 bridgehead atoms. The molecule has 0 saturated heterocycles. The van der Waals surface area contributed by atoms with E-state index in [1.807, 2.05) is 6.07 Å². The van der Waals surface area contributed by atoms with Gasteiger partial charge in [0.05, 0.1) is 0 Å². The normalized spacial score (nSPS) is 11.8. The number of amides is 1. The van der Waals surface area contributed by atoms with Gasteiger partial charge in [0, 0.05) is 6.42 Å². The lowest BCUT2D eigenvalue weighted by Crippen LogP contribution is -2.43. The topological polar surface area (TPSA) is 86.6 Å². The summed E-state index contributed by atoms with van der Waals surface area (Å²) < 4.78 is 0. The molecule has 0 aliphatic rings. The van der Waals surface area contributed by atoms with E-state index in [1.165, 1.54) is 0 Å². The predicted octanol–water partition coefficient (Wildman–Crippen LogP) is -0.209. The summed E-state index contributed by atoms with van der Waals surface area (Å²) in [6.07, 6.45) is 0.196. The molecule has 1 aromatic carbocycles. The Morgan fingerprint density at radius 2 is 1.88 bits per heavy atom. The number of aliphatic hydroxyl groups excluding tert-OH is 1. The van der Waals surface area contributed by atoms with Crippen molar-refractivity contribution >= 4 is 11.9 Å². The minimum absolute atomic E-state index is 0.196. The zero-order valence-electron chi connectivity index (χ0n) is 8.59. The van der Waals surface area contributed by atoms with Crippen LogP contribution in [0.25, 0.3) is 0 Å². The maximum absolute atomic E-state index is 10.9. The molecule has 0 fully saturated rings. The molecule has 1 atom stereocenters. The third-order valence-electron chi connectivity index (χ3n) is 2.06. The third kappa shape index (κ3) is 3.70. The number of nitrogens with one attached hydrogen (secondary N) is 1. The molecule has 0 aliphatic carbocycles. The molecule has 5 nitrogen and oxygen atoms in total. The molecule has 16 heavy (non-hydrogen) atoms. The summed E-state index contributed by atoms with van der Waals surface area (Å²) in [6.45, 7) is -0.710. The summed E-state index contributed by atoms with van der Waals surface area (Å²) in [5.74, 6) is -1.81. The Balaban J connectivity index is 2.65. The van der Waals surface area contributed by atoms with Gasteiger partial charge in [-0.25, -0.2) is 4.79 Å². The number of hydrogen-bond acceptors (Lipinski definition) is 3. The van der Waals surface area contributed by atoms with Crippen LogP contribution < -0.4 is 5.32 Å². The van der Waals surface area contributed by atoms with Gasteiger partial charge in [0.1, 0.15) is 12.6 Å². The first kappa shape index (κ1) is 12.2. The molecule has 1 aromatic rings. The van der Waals surface area contributed by atoms with Crippen molar-refractivity contribution in [3.63, 3.8) is 0 Å². The standard InChI is InChI=1S/C11H13NO4/c13-7-10(14)12-9(11(15)16)6-8-4-2-1-3-5-8/h1-5,9,13H,6-7H2,(H,12,14)(H,15,16)/t9-/m1/s1. The van der Waals surface area contributed by atoms with Gasteiger partial charge in [0.2, 0.25) is 5.91 Å². The quantitative estimate of drug-likeness (QED) is 0.644. The highest BCUT2D eigenvalue weighted by Gasteiger charge is 2.19. The van der Waals surface area contributed by atoms with Crippen molar-refractivity contribution in [3.8, 4) is 0 Å². The highest BCUT2D eigenvalue weighted by atomic mass is 16.4. The van der Waals surface area contributed by atoms with Gasteiger partial charge < -0.3 is 15.5 Å². The molecule has 0 spiro atoms. The number of carboxylic acid groups (broad SMARTS) is 1. The molecule has 3 N–H and O–H groups in total. The Kier molecular flexibility index (Phi) is 4.47. The second-order valence-corrected chi connectivity index (χ2v) is 3.31. The number of aliphatic carboxylic acids is 1. The van der Waals surface area contributed by atoms with E-state index < -0.39 is 24.5 Å². The molecule has 0 aromatic heterocycles. The van der Waals surface area contributed by atoms with Crippen molar-refractivity contribution in [2.75, 3.05) is 6.61 Å². The first-order valence-corrected chi connectivity index (χ1v) is 4.80. The van der Waals surface area contributed by atoms with Crippen LogP contribution in [-0.4, -0.2) is 34.7 Å². The van der Waals surface area contributed by atoms with Crippen LogP contribution in [0.1, 0.15) is 5.56 Å². The largest absolute Gasteiger partial charge is 0.480 e. The summed E-state index contributed by atoms with van der Waals surface area (Å²) >= 11 is 0. The molecule has 5 heteroatoms. The highest BCUT2D eigenvalue weighted by molar-refractivity contribution is 5.84. The average Bonchev–Trinajstić information content (AvgIpc) is 2.29. The maximum atomic E-state index is 10.9. The number of aliphatic hydroxyl groups is 1. The number of hydrogen-bond donors (Lipinski definition) is 3. The van der Waals surface area contributed by atoms with Gasteiger partial charge in [0.15, 0.2) is 0 Å². The van der Waals surface area contributed by atoms with Crippen LogP contribution in [0.15, 0.2) is 30.3 Å². The zero-order chi connectivity index (χ0) is 12.0. The van der Waals surface area contributed by atoms with E-state index in [2.05, 4.69) is 5.32 Å². The number of benzene rings is 1. The molecule has 86 valence electrons. The van der Waals surface area contributed by atoms with Crippen LogP contribution in [0.5, 0.6) is 0 Å². The summed E-state index contributed by atoms with van der Waals surface area (Å²) in [4.78, 5) is 21.8. The molecule has 0 radical (unpaired) electrons. The molecule has 1 amide bonds. The van der Waals surface area contributed by atoms with Crippen LogP contribution in [0.3, 0.4) is 0 Å². The summed E-state index contributed by atoms with van der Waals surface area (Å²) in [5.41, 5.74) is 0.813. The third-order valence-corrected chi connectivity index (χ3v) is 2.06. The Bertz CT molecular complexity index is 364. The summed E-state index contributed by atoms with van der Waals surface area (Å²) in [7, 11) is 0. The first-order chi connectivity index (χ1) is 7.63. The van der Waals surface area contributed by atoms with Gasteiger partial charge >= 0.3 is 5.97 Å². The van der Waals surface area contributed by atoms with Gasteiger partial charge in [-0.1, -0.05) is 30.3 Å². The van der Waals surface area contributed by atoms with Gasteiger partial charge in [0.25, 0.3) is 0 Å². The maximum Gasteiger partial charge on any atom is 0.326 e. The van der Waals surface area contributed by atoms with Crippen molar-refractivity contribution in [1.29, 1.82) is 0 Å². The van der Waals surface area contributed by atoms with E-state index in [4.69, 9.17) is 10.2 Å².